The van der Waals surface area contributed by atoms with Crippen LogP contribution in [-0.2, 0) is 11.2 Å². The van der Waals surface area contributed by atoms with Gasteiger partial charge in [-0.25, -0.2) is 4.79 Å². The van der Waals surface area contributed by atoms with Gasteiger partial charge in [-0.2, -0.15) is 0 Å². The van der Waals surface area contributed by atoms with Crippen molar-refractivity contribution in [1.29, 1.82) is 0 Å². The lowest BCUT2D eigenvalue weighted by molar-refractivity contribution is -0.129. The first-order valence-corrected chi connectivity index (χ1v) is 12.4. The minimum absolute atomic E-state index is 0.0975. The van der Waals surface area contributed by atoms with Gasteiger partial charge in [-0.1, -0.05) is 13.8 Å². The van der Waals surface area contributed by atoms with E-state index in [1.54, 1.807) is 36.3 Å². The third-order valence-corrected chi connectivity index (χ3v) is 8.84. The Bertz CT molecular complexity index is 1020. The second kappa shape index (κ2) is 8.09. The van der Waals surface area contributed by atoms with E-state index in [1.165, 1.54) is 11.1 Å². The number of hydrogen-bond acceptors (Lipinski definition) is 5. The molecule has 1 heterocycles. The molecule has 2 fully saturated rings. The van der Waals surface area contributed by atoms with Gasteiger partial charge in [0.25, 0.3) is 0 Å². The molecule has 0 bridgehead atoms. The van der Waals surface area contributed by atoms with Crippen LogP contribution in [0.25, 0.3) is 0 Å². The van der Waals surface area contributed by atoms with Gasteiger partial charge in [0.2, 0.25) is 0 Å². The van der Waals surface area contributed by atoms with Crippen LogP contribution in [-0.4, -0.2) is 22.5 Å². The number of pyridine rings is 1. The summed E-state index contributed by atoms with van der Waals surface area (Å²) in [4.78, 5) is 30.3. The molecule has 31 heavy (non-hydrogen) atoms. The maximum atomic E-state index is 12.7. The Balaban J connectivity index is 1.46. The van der Waals surface area contributed by atoms with E-state index in [2.05, 4.69) is 31.0 Å². The number of hydrogen-bond donors (Lipinski definition) is 0. The smallest absolute Gasteiger partial charge is 0.343 e. The van der Waals surface area contributed by atoms with Gasteiger partial charge in [0.15, 0.2) is 0 Å². The van der Waals surface area contributed by atoms with Gasteiger partial charge < -0.3 is 4.74 Å². The minimum Gasteiger partial charge on any atom is -0.422 e. The number of aromatic nitrogens is 1. The molecule has 0 amide bonds. The maximum absolute atomic E-state index is 12.7. The first-order valence-electron chi connectivity index (χ1n) is 11.5. The molecule has 3 aliphatic carbocycles. The van der Waals surface area contributed by atoms with Gasteiger partial charge >= 0.3 is 5.97 Å². The number of esters is 1. The van der Waals surface area contributed by atoms with E-state index in [1.807, 2.05) is 0 Å². The number of carbonyl (C=O) groups excluding carboxylic acids is 2. The minimum atomic E-state index is -0.341. The molecule has 4 atom stereocenters. The molecule has 0 radical (unpaired) electrons. The highest BCUT2D eigenvalue weighted by Crippen LogP contribution is 2.60. The molecule has 3 aliphatic rings. The van der Waals surface area contributed by atoms with Crippen LogP contribution in [0.1, 0.15) is 73.4 Å². The number of ether oxygens (including phenoxy) is 1. The van der Waals surface area contributed by atoms with E-state index in [-0.39, 0.29) is 11.4 Å². The van der Waals surface area contributed by atoms with Gasteiger partial charge in [0.1, 0.15) is 11.5 Å². The zero-order chi connectivity index (χ0) is 21.6. The molecule has 1 aromatic heterocycles. The number of benzene rings is 1. The van der Waals surface area contributed by atoms with Crippen molar-refractivity contribution in [3.63, 3.8) is 0 Å². The van der Waals surface area contributed by atoms with Crippen molar-refractivity contribution in [3.05, 3.63) is 53.3 Å². The van der Waals surface area contributed by atoms with Gasteiger partial charge in [-0.05, 0) is 91.0 Å². The molecule has 5 rings (SSSR count). The van der Waals surface area contributed by atoms with Crippen molar-refractivity contribution < 1.29 is 14.3 Å². The van der Waals surface area contributed by atoms with Crippen LogP contribution in [0.3, 0.4) is 0 Å². The highest BCUT2D eigenvalue weighted by molar-refractivity contribution is 7.99. The Morgan fingerprint density at radius 3 is 2.77 bits per heavy atom. The SMILES string of the molecule is CCSc1cc2c(cc1OC(=O)c1ccncc1)CC[C@@H]1[C@@H]2CC[C@]2(C)C(=O)CC[C@@H]12. The number of carbonyl (C=O) groups is 2. The molecule has 1 aromatic carbocycles. The van der Waals surface area contributed by atoms with Crippen LogP contribution < -0.4 is 4.74 Å². The number of nitrogens with zero attached hydrogens (tertiary/aromatic N) is 1. The fourth-order valence-electron chi connectivity index (χ4n) is 6.34. The fourth-order valence-corrected chi connectivity index (χ4v) is 7.11. The highest BCUT2D eigenvalue weighted by atomic mass is 32.2. The third kappa shape index (κ3) is 3.51. The topological polar surface area (TPSA) is 56.3 Å². The van der Waals surface area contributed by atoms with Gasteiger partial charge in [-0.15, -0.1) is 11.8 Å². The van der Waals surface area contributed by atoms with Crippen LogP contribution in [0.4, 0.5) is 0 Å². The van der Waals surface area contributed by atoms with E-state index in [0.717, 1.165) is 49.2 Å². The Morgan fingerprint density at radius 2 is 2.00 bits per heavy atom. The van der Waals surface area contributed by atoms with Crippen molar-refractivity contribution in [1.82, 2.24) is 4.98 Å². The Labute approximate surface area is 188 Å². The average Bonchev–Trinajstić information content (AvgIpc) is 3.09. The standard InChI is InChI=1S/C26H29NO3S/c1-3-31-23-15-20-17(14-22(23)30-25(29)16-9-12-27-13-10-16)4-5-19-18(20)8-11-26(2)21(19)6-7-24(26)28/h9-10,12-15,18-19,21H,3-8,11H2,1-2H3/t18-,19+,21-,26-/m0/s1. The van der Waals surface area contributed by atoms with E-state index in [4.69, 9.17) is 4.74 Å². The number of thioether (sulfide) groups is 1. The van der Waals surface area contributed by atoms with E-state index < -0.39 is 0 Å². The maximum Gasteiger partial charge on any atom is 0.343 e. The average molecular weight is 436 g/mol. The summed E-state index contributed by atoms with van der Waals surface area (Å²) in [5.74, 6) is 3.38. The van der Waals surface area contributed by atoms with E-state index in [9.17, 15) is 9.59 Å². The number of fused-ring (bicyclic) bond motifs is 5. The Kier molecular flexibility index (Phi) is 5.41. The third-order valence-electron chi connectivity index (χ3n) is 7.92. The largest absolute Gasteiger partial charge is 0.422 e. The number of ketones is 1. The predicted octanol–water partition coefficient (Wildman–Crippen LogP) is 5.84. The number of Topliss-reactive ketones (excluding diaryl/α,β-unsaturated/α-hetero) is 1. The zero-order valence-corrected chi connectivity index (χ0v) is 19.0. The second-order valence-corrected chi connectivity index (χ2v) is 10.7. The van der Waals surface area contributed by atoms with E-state index in [0.29, 0.717) is 34.8 Å². The summed E-state index contributed by atoms with van der Waals surface area (Å²) in [7, 11) is 0. The summed E-state index contributed by atoms with van der Waals surface area (Å²) >= 11 is 1.73. The molecule has 0 spiro atoms. The summed E-state index contributed by atoms with van der Waals surface area (Å²) in [6.45, 7) is 4.34. The summed E-state index contributed by atoms with van der Waals surface area (Å²) < 4.78 is 5.85. The van der Waals surface area contributed by atoms with Crippen LogP contribution in [0.2, 0.25) is 0 Å². The lowest BCUT2D eigenvalue weighted by Gasteiger charge is -2.48. The molecule has 2 aromatic rings. The van der Waals surface area contributed by atoms with Crippen molar-refractivity contribution in [2.45, 2.75) is 63.2 Å². The van der Waals surface area contributed by atoms with Gasteiger partial charge in [0, 0.05) is 24.2 Å². The van der Waals surface area contributed by atoms with Crippen molar-refractivity contribution in [2.24, 2.45) is 17.3 Å². The molecule has 0 N–H and O–H groups in total. The van der Waals surface area contributed by atoms with Crippen molar-refractivity contribution >= 4 is 23.5 Å². The first-order chi connectivity index (χ1) is 15.0. The van der Waals surface area contributed by atoms with Gasteiger partial charge in [0.05, 0.1) is 10.5 Å². The summed E-state index contributed by atoms with van der Waals surface area (Å²) in [6, 6.07) is 7.75. The zero-order valence-electron chi connectivity index (χ0n) is 18.2. The summed E-state index contributed by atoms with van der Waals surface area (Å²) in [5.41, 5.74) is 3.15. The Morgan fingerprint density at radius 1 is 1.19 bits per heavy atom. The quantitative estimate of drug-likeness (QED) is 0.343. The van der Waals surface area contributed by atoms with Crippen LogP contribution in [0, 0.1) is 17.3 Å². The molecule has 0 unspecified atom stereocenters. The van der Waals surface area contributed by atoms with Crippen LogP contribution in [0.5, 0.6) is 5.75 Å². The molecule has 0 saturated heterocycles. The fraction of sp³-hybridized carbons (Fsp3) is 0.500. The molecular weight excluding hydrogens is 406 g/mol. The molecule has 4 nitrogen and oxygen atoms in total. The molecule has 2 saturated carbocycles. The number of aryl methyl sites for hydroxylation is 1. The predicted molar refractivity (Wildman–Crippen MR) is 122 cm³/mol. The summed E-state index contributed by atoms with van der Waals surface area (Å²) in [6.07, 6.45) is 9.25. The highest BCUT2D eigenvalue weighted by Gasteiger charge is 2.54. The Hall–Kier alpha value is -2.14. The lowest BCUT2D eigenvalue weighted by Crippen LogP contribution is -2.42. The normalized spacial score (nSPS) is 29.1. The summed E-state index contributed by atoms with van der Waals surface area (Å²) in [5, 5.41) is 0. The molecular formula is C26H29NO3S. The molecule has 5 heteroatoms. The second-order valence-electron chi connectivity index (χ2n) is 9.39. The number of rotatable bonds is 4. The molecule has 162 valence electrons. The van der Waals surface area contributed by atoms with Crippen LogP contribution in [0.15, 0.2) is 41.6 Å². The lowest BCUT2D eigenvalue weighted by atomic mass is 9.55. The monoisotopic (exact) mass is 435 g/mol. The van der Waals surface area contributed by atoms with Gasteiger partial charge in [-0.3, -0.25) is 9.78 Å². The molecule has 0 aliphatic heterocycles. The first kappa shape index (κ1) is 20.7. The van der Waals surface area contributed by atoms with Crippen LogP contribution >= 0.6 is 11.8 Å². The van der Waals surface area contributed by atoms with Crippen molar-refractivity contribution in [2.75, 3.05) is 5.75 Å². The van der Waals surface area contributed by atoms with Crippen molar-refractivity contribution in [3.8, 4) is 5.75 Å². The van der Waals surface area contributed by atoms with E-state index >= 15 is 0 Å².